The molecule has 4 nitrogen and oxygen atoms in total. The number of carbonyl (C=O) groups is 1. The first-order valence-corrected chi connectivity index (χ1v) is 6.94. The second kappa shape index (κ2) is 5.05. The Morgan fingerprint density at radius 2 is 2.20 bits per heavy atom. The molecule has 0 unspecified atom stereocenters. The number of benzene rings is 1. The molecule has 2 atom stereocenters. The summed E-state index contributed by atoms with van der Waals surface area (Å²) < 4.78 is 19.0. The number of fused-ring (bicyclic) bond motifs is 1. The van der Waals surface area contributed by atoms with Gasteiger partial charge in [-0.3, -0.25) is 4.79 Å². The van der Waals surface area contributed by atoms with Crippen LogP contribution >= 0.6 is 0 Å². The molecule has 0 bridgehead atoms. The molecule has 1 N–H and O–H groups in total. The zero-order valence-corrected chi connectivity index (χ0v) is 11.7. The lowest BCUT2D eigenvalue weighted by molar-refractivity contribution is -0.00346. The van der Waals surface area contributed by atoms with Gasteiger partial charge in [0, 0.05) is 24.2 Å². The van der Waals surface area contributed by atoms with Crippen molar-refractivity contribution in [3.63, 3.8) is 0 Å². The monoisotopic (exact) mass is 278 g/mol. The van der Waals surface area contributed by atoms with E-state index < -0.39 is 6.30 Å². The number of rotatable bonds is 2. The zero-order valence-electron chi connectivity index (χ0n) is 11.7. The number of carbonyl (C=O) groups excluding carboxylic acids is 1. The molecule has 5 heteroatoms. The first-order chi connectivity index (χ1) is 9.56. The smallest absolute Gasteiger partial charge is 0.251 e. The zero-order chi connectivity index (χ0) is 14.3. The molecule has 1 fully saturated rings. The van der Waals surface area contributed by atoms with Crippen LogP contribution in [0.3, 0.4) is 0 Å². The van der Waals surface area contributed by atoms with E-state index in [0.717, 1.165) is 11.3 Å². The molecule has 0 radical (unpaired) electrons. The predicted octanol–water partition coefficient (Wildman–Crippen LogP) is 1.74. The van der Waals surface area contributed by atoms with Gasteiger partial charge in [-0.1, -0.05) is 6.92 Å². The Hall–Kier alpha value is -1.62. The van der Waals surface area contributed by atoms with Crippen molar-refractivity contribution in [1.82, 2.24) is 5.32 Å². The van der Waals surface area contributed by atoms with E-state index >= 15 is 0 Å². The van der Waals surface area contributed by atoms with Gasteiger partial charge >= 0.3 is 0 Å². The molecule has 2 aliphatic rings. The van der Waals surface area contributed by atoms with Gasteiger partial charge in [0.15, 0.2) is 6.30 Å². The van der Waals surface area contributed by atoms with Gasteiger partial charge in [-0.15, -0.1) is 0 Å². The van der Waals surface area contributed by atoms with Gasteiger partial charge in [-0.05, 0) is 30.2 Å². The van der Waals surface area contributed by atoms with Gasteiger partial charge in [0.05, 0.1) is 19.3 Å². The maximum Gasteiger partial charge on any atom is 0.251 e. The molecule has 1 aromatic carbocycles. The minimum atomic E-state index is -0.964. The molecule has 1 amide bonds. The first-order valence-electron chi connectivity index (χ1n) is 6.94. The van der Waals surface area contributed by atoms with Crippen molar-refractivity contribution in [2.75, 3.05) is 25.2 Å². The highest BCUT2D eigenvalue weighted by Gasteiger charge is 2.30. The summed E-state index contributed by atoms with van der Waals surface area (Å²) >= 11 is 0. The Morgan fingerprint density at radius 3 is 2.85 bits per heavy atom. The predicted molar refractivity (Wildman–Crippen MR) is 74.7 cm³/mol. The van der Waals surface area contributed by atoms with Crippen molar-refractivity contribution in [3.05, 3.63) is 29.3 Å². The van der Waals surface area contributed by atoms with Crippen LogP contribution in [0.2, 0.25) is 0 Å². The van der Waals surface area contributed by atoms with Gasteiger partial charge in [0.1, 0.15) is 0 Å². The molecule has 1 saturated heterocycles. The molecule has 0 aliphatic carbocycles. The molecule has 2 heterocycles. The van der Waals surface area contributed by atoms with Crippen LogP contribution in [-0.4, -0.2) is 38.5 Å². The van der Waals surface area contributed by atoms with Crippen LogP contribution in [0, 0.1) is 5.92 Å². The van der Waals surface area contributed by atoms with Crippen LogP contribution in [0.15, 0.2) is 18.2 Å². The number of anilines is 1. The number of nitrogens with zero attached hydrogens (tertiary/aromatic N) is 1. The normalized spacial score (nSPS) is 25.9. The molecule has 0 saturated carbocycles. The van der Waals surface area contributed by atoms with E-state index in [-0.39, 0.29) is 17.9 Å². The average Bonchev–Trinajstić information content (AvgIpc) is 2.39. The van der Waals surface area contributed by atoms with Gasteiger partial charge in [-0.2, -0.15) is 0 Å². The minimum absolute atomic E-state index is 0.0640. The van der Waals surface area contributed by atoms with E-state index in [1.165, 1.54) is 0 Å². The van der Waals surface area contributed by atoms with Crippen molar-refractivity contribution in [2.45, 2.75) is 25.7 Å². The SMILES string of the molecule is C[C@@H]1Cc2cc(C(=O)NC3COC3)ccc2N(C)[C@H]1F. The van der Waals surface area contributed by atoms with Crippen LogP contribution in [0.1, 0.15) is 22.8 Å². The molecule has 2 aliphatic heterocycles. The number of hydrogen-bond acceptors (Lipinski definition) is 3. The summed E-state index contributed by atoms with van der Waals surface area (Å²) in [7, 11) is 1.75. The van der Waals surface area contributed by atoms with E-state index in [9.17, 15) is 9.18 Å². The Kier molecular flexibility index (Phi) is 3.38. The number of amides is 1. The average molecular weight is 278 g/mol. The fourth-order valence-electron chi connectivity index (χ4n) is 2.78. The number of ether oxygens (including phenoxy) is 1. The third-order valence-corrected chi connectivity index (χ3v) is 4.08. The molecule has 108 valence electrons. The van der Waals surface area contributed by atoms with Gasteiger partial charge in [0.2, 0.25) is 0 Å². The van der Waals surface area contributed by atoms with E-state index in [1.807, 2.05) is 19.1 Å². The largest absolute Gasteiger partial charge is 0.377 e. The maximum absolute atomic E-state index is 14.0. The summed E-state index contributed by atoms with van der Waals surface area (Å²) in [6.45, 7) is 3.06. The van der Waals surface area contributed by atoms with Crippen molar-refractivity contribution in [2.24, 2.45) is 5.92 Å². The first kappa shape index (κ1) is 13.4. The molecule has 1 aromatic rings. The second-order valence-corrected chi connectivity index (χ2v) is 5.72. The summed E-state index contributed by atoms with van der Waals surface area (Å²) in [5.74, 6) is -0.148. The van der Waals surface area contributed by atoms with E-state index in [0.29, 0.717) is 25.2 Å². The van der Waals surface area contributed by atoms with Crippen LogP contribution in [-0.2, 0) is 11.2 Å². The standard InChI is InChI=1S/C15H19FN2O2/c1-9-5-11-6-10(15(19)17-12-7-20-8-12)3-4-13(11)18(2)14(9)16/h3-4,6,9,12,14H,5,7-8H2,1-2H3,(H,17,19)/t9-,14-/m1/s1. The lowest BCUT2D eigenvalue weighted by Crippen LogP contribution is -2.48. The fourth-order valence-corrected chi connectivity index (χ4v) is 2.78. The number of nitrogens with one attached hydrogen (secondary N) is 1. The van der Waals surface area contributed by atoms with Crippen LogP contribution in [0.4, 0.5) is 10.1 Å². The van der Waals surface area contributed by atoms with Crippen molar-refractivity contribution in [3.8, 4) is 0 Å². The molecule has 0 spiro atoms. The van der Waals surface area contributed by atoms with Crippen molar-refractivity contribution < 1.29 is 13.9 Å². The summed E-state index contributed by atoms with van der Waals surface area (Å²) in [5, 5.41) is 2.92. The molecular formula is C15H19FN2O2. The van der Waals surface area contributed by atoms with E-state index in [2.05, 4.69) is 5.32 Å². The van der Waals surface area contributed by atoms with Crippen LogP contribution in [0.25, 0.3) is 0 Å². The van der Waals surface area contributed by atoms with E-state index in [4.69, 9.17) is 4.74 Å². The summed E-state index contributed by atoms with van der Waals surface area (Å²) in [4.78, 5) is 13.8. The summed E-state index contributed by atoms with van der Waals surface area (Å²) in [5.41, 5.74) is 2.54. The molecule has 20 heavy (non-hydrogen) atoms. The van der Waals surface area contributed by atoms with Crippen LogP contribution in [0.5, 0.6) is 0 Å². The second-order valence-electron chi connectivity index (χ2n) is 5.72. The third-order valence-electron chi connectivity index (χ3n) is 4.08. The number of hydrogen-bond donors (Lipinski definition) is 1. The maximum atomic E-state index is 14.0. The van der Waals surface area contributed by atoms with Crippen molar-refractivity contribution in [1.29, 1.82) is 0 Å². The van der Waals surface area contributed by atoms with Gasteiger partial charge < -0.3 is 15.0 Å². The van der Waals surface area contributed by atoms with E-state index in [1.54, 1.807) is 18.0 Å². The quantitative estimate of drug-likeness (QED) is 0.838. The molecule has 3 rings (SSSR count). The highest BCUT2D eigenvalue weighted by molar-refractivity contribution is 5.95. The summed E-state index contributed by atoms with van der Waals surface area (Å²) in [6, 6.07) is 5.59. The Balaban J connectivity index is 1.81. The van der Waals surface area contributed by atoms with Gasteiger partial charge in [0.25, 0.3) is 5.91 Å². The lowest BCUT2D eigenvalue weighted by atomic mass is 9.92. The van der Waals surface area contributed by atoms with Crippen LogP contribution < -0.4 is 10.2 Å². The topological polar surface area (TPSA) is 41.6 Å². The third kappa shape index (κ3) is 2.26. The molecular weight excluding hydrogens is 259 g/mol. The number of halogens is 1. The van der Waals surface area contributed by atoms with Gasteiger partial charge in [-0.25, -0.2) is 4.39 Å². The van der Waals surface area contributed by atoms with Crippen molar-refractivity contribution >= 4 is 11.6 Å². The molecule has 0 aromatic heterocycles. The highest BCUT2D eigenvalue weighted by Crippen LogP contribution is 2.33. The summed E-state index contributed by atoms with van der Waals surface area (Å²) in [6.07, 6.45) is -0.302. The number of alkyl halides is 1. The minimum Gasteiger partial charge on any atom is -0.377 e. The Labute approximate surface area is 117 Å². The Morgan fingerprint density at radius 1 is 1.45 bits per heavy atom. The highest BCUT2D eigenvalue weighted by atomic mass is 19.1. The lowest BCUT2D eigenvalue weighted by Gasteiger charge is -2.35. The Bertz CT molecular complexity index is 531. The fraction of sp³-hybridized carbons (Fsp3) is 0.533.